The predicted molar refractivity (Wildman–Crippen MR) is 107 cm³/mol. The molecule has 1 aromatic rings. The Bertz CT molecular complexity index is 624. The van der Waals surface area contributed by atoms with Crippen molar-refractivity contribution in [3.05, 3.63) is 29.8 Å². The van der Waals surface area contributed by atoms with E-state index >= 15 is 0 Å². The van der Waals surface area contributed by atoms with Crippen LogP contribution in [0.5, 0.6) is 0 Å². The predicted octanol–water partition coefficient (Wildman–Crippen LogP) is 3.92. The van der Waals surface area contributed by atoms with Gasteiger partial charge in [0.15, 0.2) is 17.6 Å². The molecule has 2 rings (SSSR count). The Morgan fingerprint density at radius 1 is 1.22 bits per heavy atom. The Balaban J connectivity index is 0.00000364. The number of anilines is 1. The summed E-state index contributed by atoms with van der Waals surface area (Å²) >= 11 is 0. The Kier molecular flexibility index (Phi) is 9.54. The molecular weight excluding hydrogens is 482 g/mol. The average molecular weight is 506 g/mol. The molecule has 0 bridgehead atoms. The number of halogens is 6. The van der Waals surface area contributed by atoms with Gasteiger partial charge >= 0.3 is 6.18 Å². The maximum absolute atomic E-state index is 13.4. The maximum Gasteiger partial charge on any atom is 0.390 e. The van der Waals surface area contributed by atoms with Crippen LogP contribution in [0.1, 0.15) is 19.8 Å². The number of hydrogen-bond acceptors (Lipinski definition) is 2. The van der Waals surface area contributed by atoms with Crippen LogP contribution >= 0.6 is 24.0 Å². The van der Waals surface area contributed by atoms with Crippen molar-refractivity contribution in [3.63, 3.8) is 0 Å². The van der Waals surface area contributed by atoms with Gasteiger partial charge in [-0.1, -0.05) is 0 Å². The van der Waals surface area contributed by atoms with Crippen molar-refractivity contribution in [1.29, 1.82) is 0 Å². The van der Waals surface area contributed by atoms with Crippen LogP contribution in [-0.4, -0.2) is 44.9 Å². The van der Waals surface area contributed by atoms with E-state index in [1.165, 1.54) is 12.1 Å². The van der Waals surface area contributed by atoms with Gasteiger partial charge in [-0.05, 0) is 31.4 Å². The third kappa shape index (κ3) is 8.06. The number of alkyl halides is 3. The van der Waals surface area contributed by atoms with Crippen molar-refractivity contribution in [2.45, 2.75) is 25.9 Å². The molecule has 1 fully saturated rings. The second-order valence-electron chi connectivity index (χ2n) is 6.21. The van der Waals surface area contributed by atoms with Crippen molar-refractivity contribution < 1.29 is 22.0 Å². The van der Waals surface area contributed by atoms with Gasteiger partial charge in [0.05, 0.1) is 6.42 Å². The quantitative estimate of drug-likeness (QED) is 0.266. The number of rotatable bonds is 6. The molecule has 27 heavy (non-hydrogen) atoms. The highest BCUT2D eigenvalue weighted by atomic mass is 127. The SMILES string of the molecule is CCNC(=NCC1CCN(c2ccc(F)c(F)c2)C1)NCCC(F)(F)F.I. The lowest BCUT2D eigenvalue weighted by Gasteiger charge is -2.18. The molecule has 1 aliphatic heterocycles. The van der Waals surface area contributed by atoms with Gasteiger partial charge in [-0.25, -0.2) is 8.78 Å². The zero-order valence-electron chi connectivity index (χ0n) is 15.0. The largest absolute Gasteiger partial charge is 0.390 e. The highest BCUT2D eigenvalue weighted by Gasteiger charge is 2.26. The molecule has 0 aliphatic carbocycles. The fraction of sp³-hybridized carbons (Fsp3) is 0.588. The molecular formula is C17H24F5IN4. The Morgan fingerprint density at radius 2 is 1.96 bits per heavy atom. The number of nitrogens with one attached hydrogen (secondary N) is 2. The lowest BCUT2D eigenvalue weighted by atomic mass is 10.1. The topological polar surface area (TPSA) is 39.7 Å². The molecule has 2 N–H and O–H groups in total. The Hall–Kier alpha value is -1.33. The second kappa shape index (κ2) is 10.9. The molecule has 1 saturated heterocycles. The molecule has 1 aromatic carbocycles. The van der Waals surface area contributed by atoms with Crippen LogP contribution in [0, 0.1) is 17.6 Å². The van der Waals surface area contributed by atoms with Crippen LogP contribution in [0.25, 0.3) is 0 Å². The van der Waals surface area contributed by atoms with Gasteiger partial charge in [0, 0.05) is 44.5 Å². The zero-order chi connectivity index (χ0) is 19.2. The molecule has 0 amide bonds. The van der Waals surface area contributed by atoms with Crippen LogP contribution in [-0.2, 0) is 0 Å². The molecule has 0 radical (unpaired) electrons. The number of nitrogens with zero attached hydrogens (tertiary/aromatic N) is 2. The highest BCUT2D eigenvalue weighted by Crippen LogP contribution is 2.25. The highest BCUT2D eigenvalue weighted by molar-refractivity contribution is 14.0. The van der Waals surface area contributed by atoms with Gasteiger partial charge in [0.2, 0.25) is 0 Å². The molecule has 4 nitrogen and oxygen atoms in total. The number of benzene rings is 1. The van der Waals surface area contributed by atoms with E-state index < -0.39 is 24.2 Å². The summed E-state index contributed by atoms with van der Waals surface area (Å²) in [5.41, 5.74) is 0.616. The van der Waals surface area contributed by atoms with Crippen molar-refractivity contribution >= 4 is 35.6 Å². The Morgan fingerprint density at radius 3 is 2.59 bits per heavy atom. The van der Waals surface area contributed by atoms with E-state index in [9.17, 15) is 22.0 Å². The van der Waals surface area contributed by atoms with Crippen LogP contribution in [0.15, 0.2) is 23.2 Å². The minimum atomic E-state index is -4.21. The minimum absolute atomic E-state index is 0. The molecule has 1 aliphatic rings. The van der Waals surface area contributed by atoms with E-state index in [2.05, 4.69) is 15.6 Å². The van der Waals surface area contributed by atoms with E-state index in [4.69, 9.17) is 0 Å². The fourth-order valence-electron chi connectivity index (χ4n) is 2.78. The fourth-order valence-corrected chi connectivity index (χ4v) is 2.78. The van der Waals surface area contributed by atoms with E-state index in [1.807, 2.05) is 11.8 Å². The van der Waals surface area contributed by atoms with Crippen LogP contribution in [0.3, 0.4) is 0 Å². The lowest BCUT2D eigenvalue weighted by molar-refractivity contribution is -0.132. The first-order valence-electron chi connectivity index (χ1n) is 8.57. The van der Waals surface area contributed by atoms with Crippen LogP contribution in [0.4, 0.5) is 27.6 Å². The Labute approximate surface area is 172 Å². The number of hydrogen-bond donors (Lipinski definition) is 2. The lowest BCUT2D eigenvalue weighted by Crippen LogP contribution is -2.39. The van der Waals surface area contributed by atoms with Crippen molar-refractivity contribution in [3.8, 4) is 0 Å². The summed E-state index contributed by atoms with van der Waals surface area (Å²) in [5.74, 6) is -1.22. The molecule has 0 spiro atoms. The average Bonchev–Trinajstić information content (AvgIpc) is 3.03. The van der Waals surface area contributed by atoms with E-state index in [0.29, 0.717) is 37.8 Å². The minimum Gasteiger partial charge on any atom is -0.371 e. The summed E-state index contributed by atoms with van der Waals surface area (Å²) in [5, 5.41) is 5.59. The first-order valence-corrected chi connectivity index (χ1v) is 8.57. The summed E-state index contributed by atoms with van der Waals surface area (Å²) in [6.07, 6.45) is -4.31. The molecule has 1 heterocycles. The molecule has 0 aromatic heterocycles. The number of aliphatic imine (C=N–C) groups is 1. The first-order chi connectivity index (χ1) is 12.3. The van der Waals surface area contributed by atoms with Gasteiger partial charge in [0.1, 0.15) is 0 Å². The molecule has 0 saturated carbocycles. The standard InChI is InChI=1S/C17H23F5N4.HI/c1-2-23-16(24-7-6-17(20,21)22)25-10-12-5-8-26(11-12)13-3-4-14(18)15(19)9-13;/h3-4,9,12H,2,5-8,10-11H2,1H3,(H2,23,24,25);1H. The van der Waals surface area contributed by atoms with Gasteiger partial charge in [-0.3, -0.25) is 4.99 Å². The van der Waals surface area contributed by atoms with Gasteiger partial charge in [-0.2, -0.15) is 13.2 Å². The molecule has 1 unspecified atom stereocenters. The monoisotopic (exact) mass is 506 g/mol. The summed E-state index contributed by atoms with van der Waals surface area (Å²) in [6, 6.07) is 3.81. The van der Waals surface area contributed by atoms with Crippen molar-refractivity contribution in [2.24, 2.45) is 10.9 Å². The van der Waals surface area contributed by atoms with Gasteiger partial charge < -0.3 is 15.5 Å². The van der Waals surface area contributed by atoms with Crippen LogP contribution < -0.4 is 15.5 Å². The summed E-state index contributed by atoms with van der Waals surface area (Å²) in [6.45, 7) is 3.92. The normalized spacial score (nSPS) is 17.6. The van der Waals surface area contributed by atoms with E-state index in [0.717, 1.165) is 12.5 Å². The van der Waals surface area contributed by atoms with Gasteiger partial charge in [-0.15, -0.1) is 24.0 Å². The third-order valence-electron chi connectivity index (χ3n) is 4.11. The third-order valence-corrected chi connectivity index (χ3v) is 4.11. The van der Waals surface area contributed by atoms with Crippen molar-refractivity contribution in [2.75, 3.05) is 37.6 Å². The summed E-state index contributed by atoms with van der Waals surface area (Å²) in [7, 11) is 0. The second-order valence-corrected chi connectivity index (χ2v) is 6.21. The number of guanidine groups is 1. The summed E-state index contributed by atoms with van der Waals surface area (Å²) < 4.78 is 63.1. The zero-order valence-corrected chi connectivity index (χ0v) is 17.3. The maximum atomic E-state index is 13.4. The molecule has 1 atom stereocenters. The van der Waals surface area contributed by atoms with E-state index in [-0.39, 0.29) is 36.4 Å². The van der Waals surface area contributed by atoms with Crippen LogP contribution in [0.2, 0.25) is 0 Å². The van der Waals surface area contributed by atoms with Crippen molar-refractivity contribution in [1.82, 2.24) is 10.6 Å². The summed E-state index contributed by atoms with van der Waals surface area (Å²) in [4.78, 5) is 6.29. The smallest absolute Gasteiger partial charge is 0.371 e. The van der Waals surface area contributed by atoms with E-state index in [1.54, 1.807) is 0 Å². The molecule has 10 heteroatoms. The van der Waals surface area contributed by atoms with Gasteiger partial charge in [0.25, 0.3) is 0 Å². The first kappa shape index (κ1) is 23.7. The molecule has 154 valence electrons.